The fourth-order valence-corrected chi connectivity index (χ4v) is 0.819. The van der Waals surface area contributed by atoms with Gasteiger partial charge in [0, 0.05) is 0 Å². The van der Waals surface area contributed by atoms with Crippen LogP contribution in [0.25, 0.3) is 0 Å². The average molecular weight is 160 g/mol. The minimum absolute atomic E-state index is 0.283. The Morgan fingerprint density at radius 1 is 1.60 bits per heavy atom. The Balaban J connectivity index is 3.04. The molecular weight excluding hydrogens is 153 g/mol. The SMILES string of the molecule is Cc1nc(CCl)ccc1F. The Kier molecular flexibility index (Phi) is 2.22. The lowest BCUT2D eigenvalue weighted by Crippen LogP contribution is -1.91. The molecule has 0 bridgehead atoms. The largest absolute Gasteiger partial charge is 0.254 e. The third-order valence-corrected chi connectivity index (χ3v) is 1.49. The molecule has 1 rings (SSSR count). The molecule has 54 valence electrons. The van der Waals surface area contributed by atoms with Gasteiger partial charge in [0.15, 0.2) is 0 Å². The minimum Gasteiger partial charge on any atom is -0.254 e. The lowest BCUT2D eigenvalue weighted by molar-refractivity contribution is 0.608. The Bertz CT molecular complexity index is 237. The summed E-state index contributed by atoms with van der Waals surface area (Å²) in [5.74, 6) is 0.0510. The molecule has 1 aromatic rings. The first kappa shape index (κ1) is 7.48. The van der Waals surface area contributed by atoms with E-state index in [2.05, 4.69) is 4.98 Å². The van der Waals surface area contributed by atoms with E-state index in [1.54, 1.807) is 13.0 Å². The zero-order valence-electron chi connectivity index (χ0n) is 5.56. The number of alkyl halides is 1. The Labute approximate surface area is 63.8 Å². The molecule has 0 aliphatic rings. The van der Waals surface area contributed by atoms with E-state index in [0.717, 1.165) is 0 Å². The summed E-state index contributed by atoms with van der Waals surface area (Å²) in [6.45, 7) is 1.62. The number of hydrogen-bond acceptors (Lipinski definition) is 1. The summed E-state index contributed by atoms with van der Waals surface area (Å²) in [4.78, 5) is 3.88. The van der Waals surface area contributed by atoms with E-state index < -0.39 is 0 Å². The maximum atomic E-state index is 12.5. The van der Waals surface area contributed by atoms with E-state index in [0.29, 0.717) is 17.3 Å². The van der Waals surface area contributed by atoms with Gasteiger partial charge >= 0.3 is 0 Å². The first-order valence-electron chi connectivity index (χ1n) is 2.92. The van der Waals surface area contributed by atoms with Gasteiger partial charge in [-0.3, -0.25) is 4.98 Å². The van der Waals surface area contributed by atoms with Crippen molar-refractivity contribution in [3.8, 4) is 0 Å². The predicted octanol–water partition coefficient (Wildman–Crippen LogP) is 2.27. The van der Waals surface area contributed by atoms with Crippen LogP contribution in [0.5, 0.6) is 0 Å². The van der Waals surface area contributed by atoms with Crippen LogP contribution in [0.1, 0.15) is 11.4 Å². The molecule has 0 aliphatic carbocycles. The normalized spacial score (nSPS) is 9.90. The van der Waals surface area contributed by atoms with Crippen molar-refractivity contribution in [1.82, 2.24) is 4.98 Å². The van der Waals surface area contributed by atoms with Gasteiger partial charge in [-0.25, -0.2) is 4.39 Å². The van der Waals surface area contributed by atoms with Crippen molar-refractivity contribution in [2.75, 3.05) is 0 Å². The van der Waals surface area contributed by atoms with Crippen molar-refractivity contribution in [2.24, 2.45) is 0 Å². The fourth-order valence-electron chi connectivity index (χ4n) is 0.670. The molecule has 1 heterocycles. The standard InChI is InChI=1S/C7H7ClFN/c1-5-7(9)3-2-6(4-8)10-5/h2-3H,4H2,1H3. The van der Waals surface area contributed by atoms with Crippen molar-refractivity contribution in [3.63, 3.8) is 0 Å². The van der Waals surface area contributed by atoms with Crippen LogP contribution in [-0.4, -0.2) is 4.98 Å². The highest BCUT2D eigenvalue weighted by atomic mass is 35.5. The maximum absolute atomic E-state index is 12.5. The summed E-state index contributed by atoms with van der Waals surface area (Å²) < 4.78 is 12.5. The van der Waals surface area contributed by atoms with Crippen molar-refractivity contribution < 1.29 is 4.39 Å². The van der Waals surface area contributed by atoms with E-state index in [4.69, 9.17) is 11.6 Å². The van der Waals surface area contributed by atoms with Gasteiger partial charge < -0.3 is 0 Å². The first-order chi connectivity index (χ1) is 4.74. The number of rotatable bonds is 1. The molecule has 0 saturated carbocycles. The number of hydrogen-bond donors (Lipinski definition) is 0. The van der Waals surface area contributed by atoms with Crippen LogP contribution >= 0.6 is 11.6 Å². The third kappa shape index (κ3) is 1.45. The van der Waals surface area contributed by atoms with Gasteiger partial charge in [-0.1, -0.05) is 0 Å². The molecule has 0 aliphatic heterocycles. The molecule has 0 aromatic carbocycles. The second-order valence-corrected chi connectivity index (χ2v) is 2.27. The highest BCUT2D eigenvalue weighted by Gasteiger charge is 1.97. The van der Waals surface area contributed by atoms with E-state index in [1.165, 1.54) is 6.07 Å². The van der Waals surface area contributed by atoms with Gasteiger partial charge in [-0.15, -0.1) is 11.6 Å². The Hall–Kier alpha value is -0.630. The van der Waals surface area contributed by atoms with Crippen molar-refractivity contribution >= 4 is 11.6 Å². The van der Waals surface area contributed by atoms with Crippen LogP contribution in [0.2, 0.25) is 0 Å². The van der Waals surface area contributed by atoms with Crippen molar-refractivity contribution in [2.45, 2.75) is 12.8 Å². The number of halogens is 2. The fraction of sp³-hybridized carbons (Fsp3) is 0.286. The van der Waals surface area contributed by atoms with Gasteiger partial charge in [-0.05, 0) is 19.1 Å². The number of aryl methyl sites for hydroxylation is 1. The molecule has 0 saturated heterocycles. The lowest BCUT2D eigenvalue weighted by atomic mass is 10.3. The summed E-state index contributed by atoms with van der Waals surface area (Å²) in [5, 5.41) is 0. The topological polar surface area (TPSA) is 12.9 Å². The number of aromatic nitrogens is 1. The van der Waals surface area contributed by atoms with E-state index in [-0.39, 0.29) is 5.82 Å². The second kappa shape index (κ2) is 2.97. The molecule has 1 aromatic heterocycles. The zero-order valence-corrected chi connectivity index (χ0v) is 6.32. The van der Waals surface area contributed by atoms with Crippen LogP contribution in [0.4, 0.5) is 4.39 Å². The molecule has 10 heavy (non-hydrogen) atoms. The Morgan fingerprint density at radius 3 is 2.80 bits per heavy atom. The second-order valence-electron chi connectivity index (χ2n) is 2.00. The van der Waals surface area contributed by atoms with Crippen LogP contribution in [0.3, 0.4) is 0 Å². The smallest absolute Gasteiger partial charge is 0.144 e. The molecule has 0 N–H and O–H groups in total. The van der Waals surface area contributed by atoms with Crippen LogP contribution < -0.4 is 0 Å². The Morgan fingerprint density at radius 2 is 2.30 bits per heavy atom. The number of nitrogens with zero attached hydrogens (tertiary/aromatic N) is 1. The molecule has 0 radical (unpaired) electrons. The monoisotopic (exact) mass is 159 g/mol. The van der Waals surface area contributed by atoms with E-state index >= 15 is 0 Å². The highest BCUT2D eigenvalue weighted by Crippen LogP contribution is 2.05. The van der Waals surface area contributed by atoms with Gasteiger partial charge in [0.2, 0.25) is 0 Å². The average Bonchev–Trinajstić information content (AvgIpc) is 1.95. The van der Waals surface area contributed by atoms with Gasteiger partial charge in [0.1, 0.15) is 5.82 Å². The molecule has 0 amide bonds. The molecule has 0 atom stereocenters. The summed E-state index contributed by atoms with van der Waals surface area (Å²) in [7, 11) is 0. The van der Waals surface area contributed by atoms with Crippen molar-refractivity contribution in [1.29, 1.82) is 0 Å². The lowest BCUT2D eigenvalue weighted by Gasteiger charge is -1.96. The summed E-state index contributed by atoms with van der Waals surface area (Å²) in [6, 6.07) is 2.95. The maximum Gasteiger partial charge on any atom is 0.144 e. The summed E-state index contributed by atoms with van der Waals surface area (Å²) in [6.07, 6.45) is 0. The highest BCUT2D eigenvalue weighted by molar-refractivity contribution is 6.16. The van der Waals surface area contributed by atoms with Gasteiger partial charge in [0.25, 0.3) is 0 Å². The van der Waals surface area contributed by atoms with Crippen LogP contribution in [0, 0.1) is 12.7 Å². The third-order valence-electron chi connectivity index (χ3n) is 1.22. The molecule has 0 unspecified atom stereocenters. The van der Waals surface area contributed by atoms with Crippen LogP contribution in [-0.2, 0) is 5.88 Å². The number of pyridine rings is 1. The molecule has 0 fully saturated rings. The summed E-state index contributed by atoms with van der Waals surface area (Å²) >= 11 is 5.47. The molecular formula is C7H7ClFN. The predicted molar refractivity (Wildman–Crippen MR) is 38.5 cm³/mol. The van der Waals surface area contributed by atoms with E-state index in [1.807, 2.05) is 0 Å². The zero-order chi connectivity index (χ0) is 7.56. The first-order valence-corrected chi connectivity index (χ1v) is 3.45. The quantitative estimate of drug-likeness (QED) is 0.573. The molecule has 1 nitrogen and oxygen atoms in total. The minimum atomic E-state index is -0.283. The van der Waals surface area contributed by atoms with Crippen LogP contribution in [0.15, 0.2) is 12.1 Å². The molecule has 0 spiro atoms. The van der Waals surface area contributed by atoms with E-state index in [9.17, 15) is 4.39 Å². The summed E-state index contributed by atoms with van der Waals surface area (Å²) in [5.41, 5.74) is 1.11. The van der Waals surface area contributed by atoms with Gasteiger partial charge in [-0.2, -0.15) is 0 Å². The van der Waals surface area contributed by atoms with Crippen molar-refractivity contribution in [3.05, 3.63) is 29.3 Å². The van der Waals surface area contributed by atoms with Gasteiger partial charge in [0.05, 0.1) is 17.3 Å². The molecule has 3 heteroatoms.